The first-order valence-corrected chi connectivity index (χ1v) is 8.30. The molecule has 2 aromatic carbocycles. The van der Waals surface area contributed by atoms with E-state index in [1.54, 1.807) is 12.3 Å². The lowest BCUT2D eigenvalue weighted by Crippen LogP contribution is -2.09. The molecule has 1 aromatic heterocycles. The third-order valence-corrected chi connectivity index (χ3v) is 4.33. The van der Waals surface area contributed by atoms with Gasteiger partial charge in [-0.3, -0.25) is 5.43 Å². The first-order chi connectivity index (χ1) is 11.6. The number of benzene rings is 2. The molecule has 3 rings (SSSR count). The van der Waals surface area contributed by atoms with E-state index in [1.165, 1.54) is 23.5 Å². The average molecular weight is 340 g/mol. The van der Waals surface area contributed by atoms with Crippen LogP contribution in [0.5, 0.6) is 0 Å². The molecule has 1 N–H and O–H groups in total. The van der Waals surface area contributed by atoms with Crippen molar-refractivity contribution >= 4 is 34.1 Å². The molecule has 0 bridgehead atoms. The summed E-state index contributed by atoms with van der Waals surface area (Å²) in [7, 11) is 1.91. The van der Waals surface area contributed by atoms with Gasteiger partial charge in [0.2, 0.25) is 5.13 Å². The van der Waals surface area contributed by atoms with Crippen LogP contribution >= 0.6 is 11.3 Å². The molecular formula is C18H17FN4S. The number of hydrogen-bond donors (Lipinski definition) is 1. The largest absolute Gasteiger partial charge is 0.345 e. The van der Waals surface area contributed by atoms with Crippen molar-refractivity contribution in [3.05, 3.63) is 71.0 Å². The molecule has 24 heavy (non-hydrogen) atoms. The lowest BCUT2D eigenvalue weighted by atomic mass is 10.2. The molecule has 6 heteroatoms. The summed E-state index contributed by atoms with van der Waals surface area (Å²) in [5.41, 5.74) is 6.62. The summed E-state index contributed by atoms with van der Waals surface area (Å²) in [6, 6.07) is 14.4. The molecule has 0 atom stereocenters. The zero-order valence-corrected chi connectivity index (χ0v) is 14.2. The fourth-order valence-electron chi connectivity index (χ4n) is 2.19. The molecule has 0 unspecified atom stereocenters. The summed E-state index contributed by atoms with van der Waals surface area (Å²) in [4.78, 5) is 6.21. The molecule has 0 amide bonds. The van der Waals surface area contributed by atoms with Gasteiger partial charge >= 0.3 is 0 Å². The van der Waals surface area contributed by atoms with Crippen LogP contribution in [0.25, 0.3) is 0 Å². The third-order valence-electron chi connectivity index (χ3n) is 3.47. The van der Waals surface area contributed by atoms with Gasteiger partial charge in [-0.1, -0.05) is 18.2 Å². The van der Waals surface area contributed by atoms with Gasteiger partial charge in [-0.15, -0.1) is 11.3 Å². The number of hydrogen-bond acceptors (Lipinski definition) is 5. The zero-order valence-electron chi connectivity index (χ0n) is 13.4. The Kier molecular flexibility index (Phi) is 4.86. The van der Waals surface area contributed by atoms with E-state index in [1.807, 2.05) is 54.6 Å². The quantitative estimate of drug-likeness (QED) is 0.535. The maximum atomic E-state index is 13.3. The van der Waals surface area contributed by atoms with Gasteiger partial charge < -0.3 is 4.90 Å². The van der Waals surface area contributed by atoms with Crippen molar-refractivity contribution in [2.45, 2.75) is 6.92 Å². The summed E-state index contributed by atoms with van der Waals surface area (Å²) in [6.45, 7) is 1.94. The summed E-state index contributed by atoms with van der Waals surface area (Å²) in [5.74, 6) is -0.244. The molecule has 0 saturated carbocycles. The van der Waals surface area contributed by atoms with E-state index in [9.17, 15) is 4.39 Å². The van der Waals surface area contributed by atoms with Crippen molar-refractivity contribution in [1.29, 1.82) is 0 Å². The highest BCUT2D eigenvalue weighted by molar-refractivity contribution is 7.13. The second-order valence-electron chi connectivity index (χ2n) is 5.29. The van der Waals surface area contributed by atoms with Crippen LogP contribution in [0.1, 0.15) is 11.3 Å². The first kappa shape index (κ1) is 16.1. The van der Waals surface area contributed by atoms with E-state index >= 15 is 0 Å². The maximum absolute atomic E-state index is 13.3. The van der Waals surface area contributed by atoms with Crippen molar-refractivity contribution < 1.29 is 4.39 Å². The Morgan fingerprint density at radius 1 is 1.17 bits per heavy atom. The van der Waals surface area contributed by atoms with E-state index in [4.69, 9.17) is 0 Å². The first-order valence-electron chi connectivity index (χ1n) is 7.42. The van der Waals surface area contributed by atoms with Crippen molar-refractivity contribution in [3.63, 3.8) is 0 Å². The minimum absolute atomic E-state index is 0.244. The minimum atomic E-state index is -0.244. The topological polar surface area (TPSA) is 40.5 Å². The predicted octanol–water partition coefficient (Wildman–Crippen LogP) is 4.80. The van der Waals surface area contributed by atoms with Gasteiger partial charge in [0, 0.05) is 23.8 Å². The smallest absolute Gasteiger partial charge is 0.203 e. The van der Waals surface area contributed by atoms with Gasteiger partial charge in [0.25, 0.3) is 0 Å². The van der Waals surface area contributed by atoms with Crippen molar-refractivity contribution in [1.82, 2.24) is 4.98 Å². The van der Waals surface area contributed by atoms with Crippen LogP contribution in [-0.4, -0.2) is 18.2 Å². The number of halogens is 1. The van der Waals surface area contributed by atoms with E-state index in [-0.39, 0.29) is 5.82 Å². The number of thiazole rings is 1. The summed E-state index contributed by atoms with van der Waals surface area (Å²) >= 11 is 1.52. The normalized spacial score (nSPS) is 11.0. The molecule has 0 aliphatic heterocycles. The Balaban J connectivity index is 1.66. The Hall–Kier alpha value is -2.73. The van der Waals surface area contributed by atoms with Crippen LogP contribution in [0, 0.1) is 12.7 Å². The van der Waals surface area contributed by atoms with Crippen LogP contribution in [0.2, 0.25) is 0 Å². The number of nitrogens with one attached hydrogen (secondary N) is 1. The van der Waals surface area contributed by atoms with Crippen molar-refractivity contribution in [2.75, 3.05) is 17.4 Å². The second-order valence-corrected chi connectivity index (χ2v) is 6.15. The fourth-order valence-corrected chi connectivity index (χ4v) is 2.82. The van der Waals surface area contributed by atoms with E-state index in [2.05, 4.69) is 15.5 Å². The summed E-state index contributed by atoms with van der Waals surface area (Å²) < 4.78 is 13.3. The minimum Gasteiger partial charge on any atom is -0.345 e. The van der Waals surface area contributed by atoms with Crippen LogP contribution < -0.4 is 10.3 Å². The number of hydrazone groups is 1. The Morgan fingerprint density at radius 3 is 2.62 bits per heavy atom. The highest BCUT2D eigenvalue weighted by atomic mass is 32.1. The number of aromatic nitrogens is 1. The highest BCUT2D eigenvalue weighted by Gasteiger charge is 2.04. The van der Waals surface area contributed by atoms with Gasteiger partial charge in [0.1, 0.15) is 5.82 Å². The molecule has 0 aliphatic rings. The van der Waals surface area contributed by atoms with Crippen molar-refractivity contribution in [2.24, 2.45) is 5.10 Å². The third kappa shape index (κ3) is 3.97. The van der Waals surface area contributed by atoms with E-state index in [0.717, 1.165) is 27.8 Å². The number of anilines is 3. The molecule has 3 aromatic rings. The SMILES string of the molecule is Cc1csc(NN=Cc2ccc(N(C)c3cccc(F)c3)cc2)n1. The van der Waals surface area contributed by atoms with Crippen LogP contribution in [-0.2, 0) is 0 Å². The zero-order chi connectivity index (χ0) is 16.9. The predicted molar refractivity (Wildman–Crippen MR) is 99.0 cm³/mol. The summed E-state index contributed by atoms with van der Waals surface area (Å²) in [5, 5.41) is 6.92. The molecule has 0 aliphatic carbocycles. The molecule has 0 saturated heterocycles. The second kappa shape index (κ2) is 7.23. The fraction of sp³-hybridized carbons (Fsp3) is 0.111. The van der Waals surface area contributed by atoms with Gasteiger partial charge in [-0.2, -0.15) is 5.10 Å². The highest BCUT2D eigenvalue weighted by Crippen LogP contribution is 2.24. The number of rotatable bonds is 5. The number of nitrogens with zero attached hydrogens (tertiary/aromatic N) is 3. The molecule has 4 nitrogen and oxygen atoms in total. The van der Waals surface area contributed by atoms with Crippen LogP contribution in [0.4, 0.5) is 20.9 Å². The van der Waals surface area contributed by atoms with Crippen molar-refractivity contribution in [3.8, 4) is 0 Å². The Labute approximate surface area is 144 Å². The number of aryl methyl sites for hydroxylation is 1. The van der Waals surface area contributed by atoms with Gasteiger partial charge in [0.05, 0.1) is 11.9 Å². The van der Waals surface area contributed by atoms with Gasteiger partial charge in [-0.05, 0) is 42.8 Å². The monoisotopic (exact) mass is 340 g/mol. The van der Waals surface area contributed by atoms with E-state index in [0.29, 0.717) is 0 Å². The lowest BCUT2D eigenvalue weighted by Gasteiger charge is -2.19. The van der Waals surface area contributed by atoms with Gasteiger partial charge in [-0.25, -0.2) is 9.37 Å². The molecule has 0 fully saturated rings. The summed E-state index contributed by atoms with van der Waals surface area (Å²) in [6.07, 6.45) is 1.74. The molecule has 122 valence electrons. The van der Waals surface area contributed by atoms with Gasteiger partial charge in [0.15, 0.2) is 0 Å². The van der Waals surface area contributed by atoms with Crippen LogP contribution in [0.3, 0.4) is 0 Å². The Bertz CT molecular complexity index is 842. The lowest BCUT2D eigenvalue weighted by molar-refractivity contribution is 0.628. The van der Waals surface area contributed by atoms with E-state index < -0.39 is 0 Å². The molecule has 1 heterocycles. The maximum Gasteiger partial charge on any atom is 0.203 e. The standard InChI is InChI=1S/C18H17FN4S/c1-13-12-24-18(21-13)22-20-11-14-6-8-16(9-7-14)23(2)17-5-3-4-15(19)10-17/h3-12H,1-2H3,(H,21,22). The molecule has 0 radical (unpaired) electrons. The Morgan fingerprint density at radius 2 is 1.96 bits per heavy atom. The average Bonchev–Trinajstić information content (AvgIpc) is 3.00. The van der Waals surface area contributed by atoms with Crippen LogP contribution in [0.15, 0.2) is 59.0 Å². The molecular weight excluding hydrogens is 323 g/mol. The molecule has 0 spiro atoms.